The number of aliphatic hydroxyl groups is 1. The van der Waals surface area contributed by atoms with Gasteiger partial charge in [-0.2, -0.15) is 0 Å². The van der Waals surface area contributed by atoms with E-state index in [1.54, 1.807) is 17.0 Å². The minimum Gasteiger partial charge on any atom is -0.386 e. The van der Waals surface area contributed by atoms with Crippen LogP contribution in [0.25, 0.3) is 0 Å². The van der Waals surface area contributed by atoms with Crippen LogP contribution in [-0.2, 0) is 6.54 Å². The van der Waals surface area contributed by atoms with Gasteiger partial charge in [-0.05, 0) is 12.3 Å². The number of hydrogen-bond donors (Lipinski definition) is 1. The lowest BCUT2D eigenvalue weighted by atomic mass is 9.91. The average Bonchev–Trinajstić information content (AvgIpc) is 2.27. The molecule has 1 aromatic rings. The largest absolute Gasteiger partial charge is 0.386 e. The van der Waals surface area contributed by atoms with E-state index < -0.39 is 5.60 Å². The van der Waals surface area contributed by atoms with Crippen LogP contribution >= 0.6 is 0 Å². The van der Waals surface area contributed by atoms with Gasteiger partial charge in [0.05, 0.1) is 18.7 Å². The monoisotopic (exact) mass is 251 g/mol. The van der Waals surface area contributed by atoms with Crippen molar-refractivity contribution in [3.05, 3.63) is 22.7 Å². The van der Waals surface area contributed by atoms with Gasteiger partial charge in [0.15, 0.2) is 5.82 Å². The lowest BCUT2D eigenvalue weighted by Gasteiger charge is -2.46. The van der Waals surface area contributed by atoms with Crippen molar-refractivity contribution in [2.75, 3.05) is 18.0 Å². The lowest BCUT2D eigenvalue weighted by molar-refractivity contribution is 0.00784. The second-order valence-corrected chi connectivity index (χ2v) is 5.54. The minimum atomic E-state index is -0.646. The molecule has 1 aliphatic heterocycles. The summed E-state index contributed by atoms with van der Waals surface area (Å²) in [5, 5.41) is 9.98. The fourth-order valence-electron chi connectivity index (χ4n) is 2.23. The summed E-state index contributed by atoms with van der Waals surface area (Å²) in [4.78, 5) is 18.2. The Labute approximate surface area is 107 Å². The van der Waals surface area contributed by atoms with Crippen LogP contribution in [0.3, 0.4) is 0 Å². The molecule has 1 saturated heterocycles. The Morgan fingerprint density at radius 1 is 1.50 bits per heavy atom. The van der Waals surface area contributed by atoms with Gasteiger partial charge in [-0.1, -0.05) is 20.8 Å². The number of nitrogens with zero attached hydrogens (tertiary/aromatic N) is 3. The van der Waals surface area contributed by atoms with Crippen LogP contribution in [-0.4, -0.2) is 33.3 Å². The summed E-state index contributed by atoms with van der Waals surface area (Å²) in [6, 6.07) is 0. The van der Waals surface area contributed by atoms with Gasteiger partial charge in [-0.3, -0.25) is 4.79 Å². The molecule has 1 N–H and O–H groups in total. The van der Waals surface area contributed by atoms with Crippen LogP contribution in [0.2, 0.25) is 0 Å². The van der Waals surface area contributed by atoms with Gasteiger partial charge in [-0.15, -0.1) is 0 Å². The standard InChI is InChI=1S/C13H21N3O2/c1-4-13(18)8-16(9-13)11-12(17)15(6-5-14-11)7-10(2)3/h5-6,10,18H,4,7-9H2,1-3H3. The summed E-state index contributed by atoms with van der Waals surface area (Å²) < 4.78 is 1.69. The first-order chi connectivity index (χ1) is 8.45. The smallest absolute Gasteiger partial charge is 0.293 e. The Morgan fingerprint density at radius 3 is 2.72 bits per heavy atom. The number of anilines is 1. The fraction of sp³-hybridized carbons (Fsp3) is 0.692. The summed E-state index contributed by atoms with van der Waals surface area (Å²) in [7, 11) is 0. The van der Waals surface area contributed by atoms with E-state index in [1.165, 1.54) is 0 Å². The van der Waals surface area contributed by atoms with E-state index in [4.69, 9.17) is 0 Å². The molecule has 0 radical (unpaired) electrons. The maximum Gasteiger partial charge on any atom is 0.293 e. The van der Waals surface area contributed by atoms with E-state index in [1.807, 2.05) is 11.8 Å². The Balaban J connectivity index is 2.18. The molecule has 0 aliphatic carbocycles. The van der Waals surface area contributed by atoms with Crippen LogP contribution < -0.4 is 10.5 Å². The molecule has 1 aliphatic rings. The van der Waals surface area contributed by atoms with Gasteiger partial charge >= 0.3 is 0 Å². The zero-order chi connectivity index (χ0) is 13.3. The van der Waals surface area contributed by atoms with Crippen molar-refractivity contribution in [3.8, 4) is 0 Å². The molecule has 1 aromatic heterocycles. The summed E-state index contributed by atoms with van der Waals surface area (Å²) in [6.45, 7) is 7.79. The Hall–Kier alpha value is -1.36. The van der Waals surface area contributed by atoms with Gasteiger partial charge in [0.25, 0.3) is 5.56 Å². The Morgan fingerprint density at radius 2 is 2.17 bits per heavy atom. The van der Waals surface area contributed by atoms with Crippen molar-refractivity contribution in [3.63, 3.8) is 0 Å². The quantitative estimate of drug-likeness (QED) is 0.862. The predicted molar refractivity (Wildman–Crippen MR) is 70.8 cm³/mol. The van der Waals surface area contributed by atoms with Crippen molar-refractivity contribution in [2.45, 2.75) is 39.3 Å². The molecule has 2 heterocycles. The van der Waals surface area contributed by atoms with Crippen LogP contribution in [0.1, 0.15) is 27.2 Å². The molecule has 0 unspecified atom stereocenters. The van der Waals surface area contributed by atoms with Crippen molar-refractivity contribution in [2.24, 2.45) is 5.92 Å². The number of rotatable bonds is 4. The first-order valence-electron chi connectivity index (χ1n) is 6.48. The van der Waals surface area contributed by atoms with E-state index in [0.29, 0.717) is 37.8 Å². The van der Waals surface area contributed by atoms with Crippen LogP contribution in [0, 0.1) is 5.92 Å². The second-order valence-electron chi connectivity index (χ2n) is 5.54. The Bertz CT molecular complexity index is 475. The first-order valence-corrected chi connectivity index (χ1v) is 6.48. The molecule has 0 spiro atoms. The molecule has 0 bridgehead atoms. The van der Waals surface area contributed by atoms with Crippen molar-refractivity contribution in [1.82, 2.24) is 9.55 Å². The maximum absolute atomic E-state index is 12.2. The summed E-state index contributed by atoms with van der Waals surface area (Å²) >= 11 is 0. The van der Waals surface area contributed by atoms with Gasteiger partial charge in [0, 0.05) is 18.9 Å². The van der Waals surface area contributed by atoms with Gasteiger partial charge in [0.1, 0.15) is 0 Å². The van der Waals surface area contributed by atoms with E-state index in [-0.39, 0.29) is 5.56 Å². The third kappa shape index (κ3) is 2.41. The average molecular weight is 251 g/mol. The number of aromatic nitrogens is 2. The topological polar surface area (TPSA) is 58.4 Å². The van der Waals surface area contributed by atoms with E-state index in [9.17, 15) is 9.90 Å². The third-order valence-electron chi connectivity index (χ3n) is 3.39. The van der Waals surface area contributed by atoms with Crippen LogP contribution in [0.5, 0.6) is 0 Å². The SMILES string of the molecule is CCC1(O)CN(c2nccn(CC(C)C)c2=O)C1. The minimum absolute atomic E-state index is 0.0654. The number of β-amino-alcohol motifs (C(OH)–C–C–N with tert-alkyl or cyclic N) is 1. The number of hydrogen-bond acceptors (Lipinski definition) is 4. The molecule has 5 nitrogen and oxygen atoms in total. The molecule has 1 fully saturated rings. The zero-order valence-corrected chi connectivity index (χ0v) is 11.3. The highest BCUT2D eigenvalue weighted by Crippen LogP contribution is 2.26. The van der Waals surface area contributed by atoms with Crippen molar-refractivity contribution < 1.29 is 5.11 Å². The van der Waals surface area contributed by atoms with Gasteiger partial charge < -0.3 is 14.6 Å². The van der Waals surface area contributed by atoms with Crippen LogP contribution in [0.4, 0.5) is 5.82 Å². The first kappa shape index (κ1) is 13.1. The van der Waals surface area contributed by atoms with E-state index >= 15 is 0 Å². The fourth-order valence-corrected chi connectivity index (χ4v) is 2.23. The van der Waals surface area contributed by atoms with E-state index in [0.717, 1.165) is 0 Å². The molecule has 2 rings (SSSR count). The van der Waals surface area contributed by atoms with E-state index in [2.05, 4.69) is 18.8 Å². The van der Waals surface area contributed by atoms with Crippen LogP contribution in [0.15, 0.2) is 17.2 Å². The molecule has 0 saturated carbocycles. The highest BCUT2D eigenvalue weighted by molar-refractivity contribution is 5.41. The molecule has 0 aromatic carbocycles. The molecule has 0 amide bonds. The summed E-state index contributed by atoms with van der Waals surface area (Å²) in [5.74, 6) is 0.873. The van der Waals surface area contributed by atoms with Gasteiger partial charge in [-0.25, -0.2) is 4.98 Å². The second kappa shape index (κ2) is 4.72. The van der Waals surface area contributed by atoms with Crippen molar-refractivity contribution in [1.29, 1.82) is 0 Å². The molecule has 100 valence electrons. The maximum atomic E-state index is 12.2. The molecular weight excluding hydrogens is 230 g/mol. The van der Waals surface area contributed by atoms with Crippen molar-refractivity contribution >= 4 is 5.82 Å². The Kier molecular flexibility index (Phi) is 3.43. The summed E-state index contributed by atoms with van der Waals surface area (Å²) in [6.07, 6.45) is 4.08. The summed E-state index contributed by atoms with van der Waals surface area (Å²) in [5.41, 5.74) is -0.711. The molecule has 5 heteroatoms. The lowest BCUT2D eigenvalue weighted by Crippen LogP contribution is -2.63. The zero-order valence-electron chi connectivity index (χ0n) is 11.3. The highest BCUT2D eigenvalue weighted by Gasteiger charge is 2.41. The highest BCUT2D eigenvalue weighted by atomic mass is 16.3. The van der Waals surface area contributed by atoms with Gasteiger partial charge in [0.2, 0.25) is 0 Å². The third-order valence-corrected chi connectivity index (χ3v) is 3.39. The molecule has 18 heavy (non-hydrogen) atoms. The molecular formula is C13H21N3O2. The predicted octanol–water partition coefficient (Wildman–Crippen LogP) is 0.860. The normalized spacial score (nSPS) is 17.9. The molecule has 0 atom stereocenters.